The fourth-order valence-electron chi connectivity index (χ4n) is 2.12. The molecule has 0 spiro atoms. The van der Waals surface area contributed by atoms with Gasteiger partial charge in [0.25, 0.3) is 5.91 Å². The van der Waals surface area contributed by atoms with Gasteiger partial charge < -0.3 is 10.1 Å². The second-order valence-electron chi connectivity index (χ2n) is 4.54. The summed E-state index contributed by atoms with van der Waals surface area (Å²) in [6.45, 7) is 0. The Hall–Kier alpha value is -1.71. The molecule has 5 heteroatoms. The number of rotatable bonds is 2. The van der Waals surface area contributed by atoms with Gasteiger partial charge in [-0.25, -0.2) is 0 Å². The lowest BCUT2D eigenvalue weighted by molar-refractivity contribution is -0.122. The molecule has 3 nitrogen and oxygen atoms in total. The highest BCUT2D eigenvalue weighted by Gasteiger charge is 2.28. The van der Waals surface area contributed by atoms with Gasteiger partial charge in [0.2, 0.25) is 0 Å². The van der Waals surface area contributed by atoms with Crippen molar-refractivity contribution in [2.45, 2.75) is 12.5 Å². The van der Waals surface area contributed by atoms with E-state index in [1.807, 2.05) is 24.3 Å². The number of hydrogen-bond donors (Lipinski definition) is 1. The molecule has 0 bridgehead atoms. The summed E-state index contributed by atoms with van der Waals surface area (Å²) in [6, 6.07) is 12.6. The number of benzene rings is 2. The summed E-state index contributed by atoms with van der Waals surface area (Å²) in [5, 5.41) is 3.64. The predicted molar refractivity (Wildman–Crippen MR) is 79.7 cm³/mol. The minimum Gasteiger partial charge on any atom is -0.480 e. The summed E-state index contributed by atoms with van der Waals surface area (Å²) in [4.78, 5) is 12.2. The summed E-state index contributed by atoms with van der Waals surface area (Å²) in [5.41, 5.74) is 1.64. The molecule has 0 fully saturated rings. The summed E-state index contributed by atoms with van der Waals surface area (Å²) in [6.07, 6.45) is 0.0606. The molecule has 1 aliphatic rings. The number of fused-ring (bicyclic) bond motifs is 1. The Kier molecular flexibility index (Phi) is 3.55. The number of anilines is 1. The number of amides is 1. The fraction of sp³-hybridized carbons (Fsp3) is 0.133. The van der Waals surface area contributed by atoms with Crippen molar-refractivity contribution in [1.82, 2.24) is 0 Å². The average Bonchev–Trinajstić information content (AvgIpc) is 2.87. The first-order valence-electron chi connectivity index (χ1n) is 6.14. The van der Waals surface area contributed by atoms with Crippen LogP contribution in [0, 0.1) is 0 Å². The lowest BCUT2D eigenvalue weighted by Gasteiger charge is -2.11. The van der Waals surface area contributed by atoms with Gasteiger partial charge in [-0.2, -0.15) is 0 Å². The van der Waals surface area contributed by atoms with Crippen molar-refractivity contribution >= 4 is 34.8 Å². The van der Waals surface area contributed by atoms with Crippen LogP contribution in [0.5, 0.6) is 5.75 Å². The Morgan fingerprint density at radius 1 is 1.15 bits per heavy atom. The van der Waals surface area contributed by atoms with Crippen LogP contribution < -0.4 is 10.1 Å². The molecule has 0 radical (unpaired) electrons. The van der Waals surface area contributed by atoms with Crippen molar-refractivity contribution in [2.24, 2.45) is 0 Å². The van der Waals surface area contributed by atoms with Crippen LogP contribution in [0.3, 0.4) is 0 Å². The Bertz CT molecular complexity index is 648. The van der Waals surface area contributed by atoms with E-state index in [9.17, 15) is 4.79 Å². The van der Waals surface area contributed by atoms with E-state index >= 15 is 0 Å². The lowest BCUT2D eigenvalue weighted by Crippen LogP contribution is -2.31. The molecule has 0 aromatic heterocycles. The second-order valence-corrected chi connectivity index (χ2v) is 5.35. The molecule has 1 amide bonds. The van der Waals surface area contributed by atoms with Crippen LogP contribution >= 0.6 is 23.2 Å². The molecule has 0 unspecified atom stereocenters. The summed E-state index contributed by atoms with van der Waals surface area (Å²) in [5.74, 6) is 0.571. The molecular weight excluding hydrogens is 297 g/mol. The maximum absolute atomic E-state index is 12.2. The molecule has 20 heavy (non-hydrogen) atoms. The van der Waals surface area contributed by atoms with Gasteiger partial charge in [-0.15, -0.1) is 0 Å². The van der Waals surface area contributed by atoms with Gasteiger partial charge in [0.1, 0.15) is 5.75 Å². The molecule has 2 aromatic rings. The first-order valence-corrected chi connectivity index (χ1v) is 6.89. The third-order valence-corrected chi connectivity index (χ3v) is 3.87. The Labute approximate surface area is 126 Å². The molecule has 102 valence electrons. The third-order valence-electron chi connectivity index (χ3n) is 3.13. The maximum atomic E-state index is 12.2. The number of carbonyl (C=O) groups is 1. The van der Waals surface area contributed by atoms with Gasteiger partial charge >= 0.3 is 0 Å². The Balaban J connectivity index is 1.71. The van der Waals surface area contributed by atoms with Crippen LogP contribution in [0.25, 0.3) is 0 Å². The van der Waals surface area contributed by atoms with Gasteiger partial charge in [-0.1, -0.05) is 41.4 Å². The molecule has 1 N–H and O–H groups in total. The molecule has 3 rings (SSSR count). The predicted octanol–water partition coefficient (Wildman–Crippen LogP) is 3.94. The summed E-state index contributed by atoms with van der Waals surface area (Å²) in [7, 11) is 0. The molecule has 2 aromatic carbocycles. The van der Waals surface area contributed by atoms with E-state index in [1.165, 1.54) is 0 Å². The SMILES string of the molecule is O=C(Nc1ccc(Cl)c(Cl)c1)[C@@H]1Cc2ccccc2O1. The van der Waals surface area contributed by atoms with Gasteiger partial charge in [-0.3, -0.25) is 4.79 Å². The number of carbonyl (C=O) groups excluding carboxylic acids is 1. The van der Waals surface area contributed by atoms with E-state index < -0.39 is 6.10 Å². The molecule has 1 aliphatic heterocycles. The molecule has 0 saturated heterocycles. The normalized spacial score (nSPS) is 16.4. The zero-order chi connectivity index (χ0) is 14.1. The van der Waals surface area contributed by atoms with Crippen LogP contribution in [0.4, 0.5) is 5.69 Å². The zero-order valence-corrected chi connectivity index (χ0v) is 11.9. The highest BCUT2D eigenvalue weighted by Crippen LogP contribution is 2.29. The largest absolute Gasteiger partial charge is 0.480 e. The van der Waals surface area contributed by atoms with E-state index in [1.54, 1.807) is 18.2 Å². The van der Waals surface area contributed by atoms with Crippen LogP contribution in [0.1, 0.15) is 5.56 Å². The third kappa shape index (κ3) is 2.60. The topological polar surface area (TPSA) is 38.3 Å². The standard InChI is InChI=1S/C15H11Cl2NO2/c16-11-6-5-10(8-12(11)17)18-15(19)14-7-9-3-1-2-4-13(9)20-14/h1-6,8,14H,7H2,(H,18,19)/t14-/m0/s1. The number of para-hydroxylation sites is 1. The highest BCUT2D eigenvalue weighted by atomic mass is 35.5. The molecule has 0 aliphatic carbocycles. The monoisotopic (exact) mass is 307 g/mol. The van der Waals surface area contributed by atoms with E-state index in [0.717, 1.165) is 11.3 Å². The van der Waals surface area contributed by atoms with Crippen molar-refractivity contribution in [3.63, 3.8) is 0 Å². The number of halogens is 2. The zero-order valence-electron chi connectivity index (χ0n) is 10.4. The van der Waals surface area contributed by atoms with Crippen molar-refractivity contribution in [1.29, 1.82) is 0 Å². The van der Waals surface area contributed by atoms with Crippen LogP contribution in [-0.4, -0.2) is 12.0 Å². The maximum Gasteiger partial charge on any atom is 0.265 e. The molecular formula is C15H11Cl2NO2. The lowest BCUT2D eigenvalue weighted by atomic mass is 10.1. The summed E-state index contributed by atoms with van der Waals surface area (Å²) >= 11 is 11.8. The first kappa shape index (κ1) is 13.3. The number of ether oxygens (including phenoxy) is 1. The van der Waals surface area contributed by atoms with Crippen LogP contribution in [0.15, 0.2) is 42.5 Å². The van der Waals surface area contributed by atoms with E-state index in [4.69, 9.17) is 27.9 Å². The number of nitrogens with one attached hydrogen (secondary N) is 1. The second kappa shape index (κ2) is 5.35. The van der Waals surface area contributed by atoms with Gasteiger partial charge in [0.15, 0.2) is 6.10 Å². The van der Waals surface area contributed by atoms with Crippen molar-refractivity contribution < 1.29 is 9.53 Å². The molecule has 0 saturated carbocycles. The molecule has 1 heterocycles. The smallest absolute Gasteiger partial charge is 0.265 e. The van der Waals surface area contributed by atoms with Gasteiger partial charge in [0, 0.05) is 12.1 Å². The van der Waals surface area contributed by atoms with Crippen molar-refractivity contribution in [2.75, 3.05) is 5.32 Å². The number of hydrogen-bond acceptors (Lipinski definition) is 2. The van der Waals surface area contributed by atoms with E-state index in [0.29, 0.717) is 22.2 Å². The highest BCUT2D eigenvalue weighted by molar-refractivity contribution is 6.42. The first-order chi connectivity index (χ1) is 9.63. The summed E-state index contributed by atoms with van der Waals surface area (Å²) < 4.78 is 5.62. The van der Waals surface area contributed by atoms with Crippen LogP contribution in [-0.2, 0) is 11.2 Å². The van der Waals surface area contributed by atoms with Gasteiger partial charge in [0.05, 0.1) is 10.0 Å². The van der Waals surface area contributed by atoms with Crippen LogP contribution in [0.2, 0.25) is 10.0 Å². The minimum atomic E-state index is -0.512. The Morgan fingerprint density at radius 2 is 1.95 bits per heavy atom. The average molecular weight is 308 g/mol. The van der Waals surface area contributed by atoms with E-state index in [2.05, 4.69) is 5.32 Å². The van der Waals surface area contributed by atoms with E-state index in [-0.39, 0.29) is 5.91 Å². The van der Waals surface area contributed by atoms with Crippen molar-refractivity contribution in [3.05, 3.63) is 58.1 Å². The van der Waals surface area contributed by atoms with Gasteiger partial charge in [-0.05, 0) is 29.8 Å². The molecule has 1 atom stereocenters. The Morgan fingerprint density at radius 3 is 2.70 bits per heavy atom. The van der Waals surface area contributed by atoms with Crippen molar-refractivity contribution in [3.8, 4) is 5.75 Å². The minimum absolute atomic E-state index is 0.195. The fourth-order valence-corrected chi connectivity index (χ4v) is 2.42. The quantitative estimate of drug-likeness (QED) is 0.912.